The van der Waals surface area contributed by atoms with E-state index >= 15 is 0 Å². The van der Waals surface area contributed by atoms with Crippen LogP contribution < -0.4 is 4.74 Å². The zero-order chi connectivity index (χ0) is 17.2. The predicted octanol–water partition coefficient (Wildman–Crippen LogP) is 3.94. The van der Waals surface area contributed by atoms with Gasteiger partial charge in [-0.25, -0.2) is 0 Å². The molecule has 2 rings (SSSR count). The van der Waals surface area contributed by atoms with Crippen LogP contribution in [0.3, 0.4) is 0 Å². The summed E-state index contributed by atoms with van der Waals surface area (Å²) in [6.07, 6.45) is 3.69. The predicted molar refractivity (Wildman–Crippen MR) is 101 cm³/mol. The first-order valence-corrected chi connectivity index (χ1v) is 8.57. The third-order valence-electron chi connectivity index (χ3n) is 3.95. The van der Waals surface area contributed by atoms with Gasteiger partial charge in [0.1, 0.15) is 18.5 Å². The lowest BCUT2D eigenvalue weighted by atomic mass is 10.1. The number of rotatable bonds is 9. The molecule has 0 amide bonds. The highest BCUT2D eigenvalue weighted by atomic mass is 16.5. The van der Waals surface area contributed by atoms with E-state index in [9.17, 15) is 5.11 Å². The first-order valence-electron chi connectivity index (χ1n) is 8.57. The quantitative estimate of drug-likeness (QED) is 0.709. The molecule has 24 heavy (non-hydrogen) atoms. The van der Waals surface area contributed by atoms with Crippen LogP contribution in [0.15, 0.2) is 54.6 Å². The summed E-state index contributed by atoms with van der Waals surface area (Å²) in [6.45, 7) is 7.03. The van der Waals surface area contributed by atoms with Crippen molar-refractivity contribution in [1.29, 1.82) is 0 Å². The van der Waals surface area contributed by atoms with Crippen LogP contribution in [0.2, 0.25) is 0 Å². The molecule has 1 atom stereocenters. The number of hydrogen-bond acceptors (Lipinski definition) is 3. The van der Waals surface area contributed by atoms with Gasteiger partial charge in [0, 0.05) is 6.54 Å². The van der Waals surface area contributed by atoms with Crippen LogP contribution in [0.25, 0.3) is 12.2 Å². The minimum absolute atomic E-state index is 0.315. The van der Waals surface area contributed by atoms with Crippen LogP contribution in [0.5, 0.6) is 5.75 Å². The molecule has 2 aromatic rings. The fourth-order valence-corrected chi connectivity index (χ4v) is 2.46. The van der Waals surface area contributed by atoms with Crippen molar-refractivity contribution in [2.45, 2.75) is 20.0 Å². The summed E-state index contributed by atoms with van der Waals surface area (Å²) < 4.78 is 5.67. The Labute approximate surface area is 145 Å². The highest BCUT2D eigenvalue weighted by Gasteiger charge is 2.09. The van der Waals surface area contributed by atoms with Crippen molar-refractivity contribution in [2.75, 3.05) is 26.2 Å². The van der Waals surface area contributed by atoms with Gasteiger partial charge in [0.15, 0.2) is 0 Å². The molecule has 128 valence electrons. The summed E-state index contributed by atoms with van der Waals surface area (Å²) in [5, 5.41) is 10.0. The number of benzene rings is 2. The number of aliphatic hydroxyl groups excluding tert-OH is 1. The van der Waals surface area contributed by atoms with Crippen molar-refractivity contribution >= 4 is 12.2 Å². The molecule has 0 fully saturated rings. The van der Waals surface area contributed by atoms with Gasteiger partial charge in [-0.05, 0) is 36.3 Å². The third kappa shape index (κ3) is 6.19. The van der Waals surface area contributed by atoms with Gasteiger partial charge in [0.05, 0.1) is 0 Å². The topological polar surface area (TPSA) is 32.7 Å². The van der Waals surface area contributed by atoms with Crippen LogP contribution in [-0.4, -0.2) is 42.4 Å². The molecule has 3 nitrogen and oxygen atoms in total. The first-order chi connectivity index (χ1) is 11.7. The summed E-state index contributed by atoms with van der Waals surface area (Å²) in [5.41, 5.74) is 2.30. The van der Waals surface area contributed by atoms with Crippen molar-refractivity contribution < 1.29 is 9.84 Å². The molecule has 0 saturated heterocycles. The minimum atomic E-state index is -0.470. The average Bonchev–Trinajstić information content (AvgIpc) is 2.64. The van der Waals surface area contributed by atoms with Crippen LogP contribution in [0.1, 0.15) is 25.0 Å². The molecule has 0 heterocycles. The first kappa shape index (κ1) is 18.2. The second kappa shape index (κ2) is 9.91. The fourth-order valence-electron chi connectivity index (χ4n) is 2.46. The monoisotopic (exact) mass is 325 g/mol. The maximum absolute atomic E-state index is 10.0. The van der Waals surface area contributed by atoms with E-state index < -0.39 is 6.10 Å². The van der Waals surface area contributed by atoms with E-state index in [1.807, 2.05) is 42.5 Å². The number of nitrogens with zero attached hydrogens (tertiary/aromatic N) is 1. The highest BCUT2D eigenvalue weighted by Crippen LogP contribution is 2.15. The van der Waals surface area contributed by atoms with Crippen molar-refractivity contribution in [1.82, 2.24) is 4.90 Å². The number of ether oxygens (including phenoxy) is 1. The second-order valence-corrected chi connectivity index (χ2v) is 5.76. The number of aliphatic hydroxyl groups is 1. The maximum Gasteiger partial charge on any atom is 0.119 e. The Kier molecular flexibility index (Phi) is 7.53. The molecular weight excluding hydrogens is 298 g/mol. The molecule has 0 aliphatic rings. The van der Waals surface area contributed by atoms with Gasteiger partial charge in [-0.2, -0.15) is 0 Å². The summed E-state index contributed by atoms with van der Waals surface area (Å²) in [7, 11) is 0. The van der Waals surface area contributed by atoms with Gasteiger partial charge in [-0.15, -0.1) is 0 Å². The average molecular weight is 325 g/mol. The van der Waals surface area contributed by atoms with E-state index in [1.165, 1.54) is 5.56 Å². The summed E-state index contributed by atoms with van der Waals surface area (Å²) >= 11 is 0. The standard InChI is InChI=1S/C21H27NO2/c1-3-22(4-2)16-20(23)17-24-21-14-12-19(13-15-21)11-10-18-8-6-5-7-9-18/h5-15,20,23H,3-4,16-17H2,1-2H3/b11-10+. The van der Waals surface area contributed by atoms with Crippen molar-refractivity contribution in [3.63, 3.8) is 0 Å². The Bertz CT molecular complexity index is 603. The van der Waals surface area contributed by atoms with Crippen molar-refractivity contribution in [2.24, 2.45) is 0 Å². The van der Waals surface area contributed by atoms with Crippen molar-refractivity contribution in [3.05, 3.63) is 65.7 Å². The summed E-state index contributed by atoms with van der Waals surface area (Å²) in [5.74, 6) is 0.783. The van der Waals surface area contributed by atoms with E-state index in [1.54, 1.807) is 0 Å². The molecule has 0 aromatic heterocycles. The maximum atomic E-state index is 10.0. The third-order valence-corrected chi connectivity index (χ3v) is 3.95. The van der Waals surface area contributed by atoms with Gasteiger partial charge < -0.3 is 14.7 Å². The van der Waals surface area contributed by atoms with Crippen LogP contribution in [0.4, 0.5) is 0 Å². The Morgan fingerprint density at radius 1 is 0.917 bits per heavy atom. The largest absolute Gasteiger partial charge is 0.491 e. The molecule has 0 saturated carbocycles. The molecule has 0 bridgehead atoms. The smallest absolute Gasteiger partial charge is 0.119 e. The number of hydrogen-bond donors (Lipinski definition) is 1. The molecule has 3 heteroatoms. The molecule has 0 spiro atoms. The molecule has 1 N–H and O–H groups in total. The van der Waals surface area contributed by atoms with Crippen LogP contribution in [0, 0.1) is 0 Å². The van der Waals surface area contributed by atoms with Crippen LogP contribution >= 0.6 is 0 Å². The van der Waals surface area contributed by atoms with E-state index in [2.05, 4.69) is 43.0 Å². The lowest BCUT2D eigenvalue weighted by Gasteiger charge is -2.21. The zero-order valence-electron chi connectivity index (χ0n) is 14.6. The lowest BCUT2D eigenvalue weighted by molar-refractivity contribution is 0.0716. The highest BCUT2D eigenvalue weighted by molar-refractivity contribution is 5.69. The Balaban J connectivity index is 1.82. The molecule has 0 radical (unpaired) electrons. The Hall–Kier alpha value is -2.10. The van der Waals surface area contributed by atoms with Crippen molar-refractivity contribution in [3.8, 4) is 5.75 Å². The van der Waals surface area contributed by atoms with E-state index in [4.69, 9.17) is 4.74 Å². The number of likely N-dealkylation sites (N-methyl/N-ethyl adjacent to an activating group) is 1. The summed E-state index contributed by atoms with van der Waals surface area (Å²) in [4.78, 5) is 2.19. The minimum Gasteiger partial charge on any atom is -0.491 e. The normalized spacial score (nSPS) is 12.7. The zero-order valence-corrected chi connectivity index (χ0v) is 14.6. The van der Waals surface area contributed by atoms with Gasteiger partial charge in [0.2, 0.25) is 0 Å². The van der Waals surface area contributed by atoms with Gasteiger partial charge in [0.25, 0.3) is 0 Å². The molecule has 0 aliphatic carbocycles. The van der Waals surface area contributed by atoms with E-state index in [0.717, 1.165) is 24.4 Å². The van der Waals surface area contributed by atoms with Gasteiger partial charge in [-0.1, -0.05) is 68.5 Å². The van der Waals surface area contributed by atoms with Gasteiger partial charge in [-0.3, -0.25) is 0 Å². The second-order valence-electron chi connectivity index (χ2n) is 5.76. The van der Waals surface area contributed by atoms with Crippen LogP contribution in [-0.2, 0) is 0 Å². The van der Waals surface area contributed by atoms with E-state index in [0.29, 0.717) is 13.2 Å². The van der Waals surface area contributed by atoms with Gasteiger partial charge >= 0.3 is 0 Å². The Morgan fingerprint density at radius 2 is 1.50 bits per heavy atom. The fraction of sp³-hybridized carbons (Fsp3) is 0.333. The summed E-state index contributed by atoms with van der Waals surface area (Å²) in [6, 6.07) is 18.1. The molecule has 0 aliphatic heterocycles. The molecular formula is C21H27NO2. The molecule has 2 aromatic carbocycles. The Morgan fingerprint density at radius 3 is 2.08 bits per heavy atom. The van der Waals surface area contributed by atoms with E-state index in [-0.39, 0.29) is 0 Å². The lowest BCUT2D eigenvalue weighted by Crippen LogP contribution is -2.35. The SMILES string of the molecule is CCN(CC)CC(O)COc1ccc(/C=C/c2ccccc2)cc1. The molecule has 1 unspecified atom stereocenters.